The molecule has 0 saturated carbocycles. The zero-order valence-corrected chi connectivity index (χ0v) is 8.49. The van der Waals surface area contributed by atoms with Crippen LogP contribution in [0.1, 0.15) is 11.6 Å². The van der Waals surface area contributed by atoms with E-state index < -0.39 is 0 Å². The van der Waals surface area contributed by atoms with Crippen LogP contribution in [0.3, 0.4) is 0 Å². The SMILES string of the molecule is CN1C(=O)COc2ccc(C3CN3)cc21. The van der Waals surface area contributed by atoms with Gasteiger partial charge in [0, 0.05) is 19.6 Å². The molecule has 1 fully saturated rings. The summed E-state index contributed by atoms with van der Waals surface area (Å²) >= 11 is 0. The van der Waals surface area contributed by atoms with Crippen LogP contribution >= 0.6 is 0 Å². The van der Waals surface area contributed by atoms with Gasteiger partial charge in [-0.25, -0.2) is 0 Å². The number of nitrogens with one attached hydrogen (secondary N) is 1. The highest BCUT2D eigenvalue weighted by molar-refractivity contribution is 5.97. The fourth-order valence-corrected chi connectivity index (χ4v) is 1.80. The molecule has 1 aromatic rings. The van der Waals surface area contributed by atoms with Crippen LogP contribution in [0.2, 0.25) is 0 Å². The number of likely N-dealkylation sites (N-methyl/N-ethyl adjacent to an activating group) is 1. The molecule has 2 heterocycles. The highest BCUT2D eigenvalue weighted by Gasteiger charge is 2.27. The second-order valence-electron chi connectivity index (χ2n) is 3.93. The Balaban J connectivity index is 2.04. The van der Waals surface area contributed by atoms with Crippen LogP contribution in [-0.2, 0) is 4.79 Å². The van der Waals surface area contributed by atoms with E-state index in [9.17, 15) is 4.79 Å². The monoisotopic (exact) mass is 204 g/mol. The molecule has 0 bridgehead atoms. The first kappa shape index (κ1) is 8.73. The highest BCUT2D eigenvalue weighted by atomic mass is 16.5. The molecule has 0 radical (unpaired) electrons. The van der Waals surface area contributed by atoms with Crippen LogP contribution < -0.4 is 15.0 Å². The quantitative estimate of drug-likeness (QED) is 0.684. The predicted octanol–water partition coefficient (Wildman–Crippen LogP) is 0.686. The standard InChI is InChI=1S/C11H12N2O2/c1-13-9-4-7(8-5-12-8)2-3-10(9)15-6-11(13)14/h2-4,8,12H,5-6H2,1H3. The molecule has 0 spiro atoms. The van der Waals surface area contributed by atoms with Gasteiger partial charge in [0.05, 0.1) is 5.69 Å². The summed E-state index contributed by atoms with van der Waals surface area (Å²) in [6.07, 6.45) is 0. The van der Waals surface area contributed by atoms with E-state index in [0.29, 0.717) is 6.04 Å². The van der Waals surface area contributed by atoms with E-state index in [4.69, 9.17) is 4.74 Å². The lowest BCUT2D eigenvalue weighted by molar-refractivity contribution is -0.120. The van der Waals surface area contributed by atoms with Crippen molar-refractivity contribution in [2.75, 3.05) is 25.1 Å². The lowest BCUT2D eigenvalue weighted by atomic mass is 10.1. The van der Waals surface area contributed by atoms with Gasteiger partial charge >= 0.3 is 0 Å². The second kappa shape index (κ2) is 2.97. The van der Waals surface area contributed by atoms with Crippen LogP contribution in [0.5, 0.6) is 5.75 Å². The van der Waals surface area contributed by atoms with Gasteiger partial charge in [0.15, 0.2) is 6.61 Å². The van der Waals surface area contributed by atoms with Gasteiger partial charge in [-0.1, -0.05) is 6.07 Å². The van der Waals surface area contributed by atoms with Gasteiger partial charge in [-0.15, -0.1) is 0 Å². The average molecular weight is 204 g/mol. The minimum absolute atomic E-state index is 0.00315. The molecule has 4 nitrogen and oxygen atoms in total. The van der Waals surface area contributed by atoms with Gasteiger partial charge in [-0.2, -0.15) is 0 Å². The number of fused-ring (bicyclic) bond motifs is 1. The Kier molecular flexibility index (Phi) is 1.73. The van der Waals surface area contributed by atoms with Crippen molar-refractivity contribution in [1.29, 1.82) is 0 Å². The number of carbonyl (C=O) groups is 1. The number of nitrogens with zero attached hydrogens (tertiary/aromatic N) is 1. The van der Waals surface area contributed by atoms with Gasteiger partial charge in [0.2, 0.25) is 0 Å². The molecule has 78 valence electrons. The van der Waals surface area contributed by atoms with E-state index in [1.807, 2.05) is 18.2 Å². The largest absolute Gasteiger partial charge is 0.482 e. The molecule has 2 aliphatic heterocycles. The Morgan fingerprint density at radius 2 is 2.33 bits per heavy atom. The fraction of sp³-hybridized carbons (Fsp3) is 0.364. The van der Waals surface area contributed by atoms with E-state index >= 15 is 0 Å². The first-order valence-electron chi connectivity index (χ1n) is 5.02. The molecule has 1 unspecified atom stereocenters. The summed E-state index contributed by atoms with van der Waals surface area (Å²) in [5, 5.41) is 3.24. The van der Waals surface area contributed by atoms with E-state index in [1.54, 1.807) is 11.9 Å². The van der Waals surface area contributed by atoms with Gasteiger partial charge in [0.1, 0.15) is 5.75 Å². The summed E-state index contributed by atoms with van der Waals surface area (Å²) in [6, 6.07) is 6.47. The number of carbonyl (C=O) groups excluding carboxylic acids is 1. The Labute approximate surface area is 87.8 Å². The maximum absolute atomic E-state index is 11.4. The molecule has 1 amide bonds. The Bertz CT molecular complexity index is 427. The van der Waals surface area contributed by atoms with Gasteiger partial charge < -0.3 is 15.0 Å². The van der Waals surface area contributed by atoms with E-state index in [0.717, 1.165) is 18.0 Å². The maximum atomic E-state index is 11.4. The molecule has 1 aromatic carbocycles. The minimum atomic E-state index is 0.00315. The molecular formula is C11H12N2O2. The number of rotatable bonds is 1. The third kappa shape index (κ3) is 1.37. The molecule has 1 saturated heterocycles. The summed E-state index contributed by atoms with van der Waals surface area (Å²) in [5.74, 6) is 0.796. The van der Waals surface area contributed by atoms with Crippen LogP contribution in [0.15, 0.2) is 18.2 Å². The number of hydrogen-bond donors (Lipinski definition) is 1. The molecule has 1 atom stereocenters. The van der Waals surface area contributed by atoms with Gasteiger partial charge in [-0.3, -0.25) is 4.79 Å². The van der Waals surface area contributed by atoms with Crippen molar-refractivity contribution in [1.82, 2.24) is 5.32 Å². The second-order valence-corrected chi connectivity index (χ2v) is 3.93. The molecular weight excluding hydrogens is 192 g/mol. The van der Waals surface area contributed by atoms with Crippen LogP contribution in [0.25, 0.3) is 0 Å². The molecule has 15 heavy (non-hydrogen) atoms. The first-order valence-corrected chi connectivity index (χ1v) is 5.02. The molecule has 4 heteroatoms. The lowest BCUT2D eigenvalue weighted by Crippen LogP contribution is -2.35. The third-order valence-electron chi connectivity index (χ3n) is 2.88. The molecule has 0 aromatic heterocycles. The van der Waals surface area contributed by atoms with Gasteiger partial charge in [-0.05, 0) is 17.7 Å². The van der Waals surface area contributed by atoms with Crippen molar-refractivity contribution in [3.05, 3.63) is 23.8 Å². The highest BCUT2D eigenvalue weighted by Crippen LogP contribution is 2.35. The molecule has 0 aliphatic carbocycles. The summed E-state index contributed by atoms with van der Waals surface area (Å²) in [6.45, 7) is 1.17. The minimum Gasteiger partial charge on any atom is -0.482 e. The van der Waals surface area contributed by atoms with E-state index in [2.05, 4.69) is 5.32 Å². The van der Waals surface area contributed by atoms with Gasteiger partial charge in [0.25, 0.3) is 5.91 Å². The smallest absolute Gasteiger partial charge is 0.264 e. The fourth-order valence-electron chi connectivity index (χ4n) is 1.80. The third-order valence-corrected chi connectivity index (χ3v) is 2.88. The topological polar surface area (TPSA) is 51.5 Å². The van der Waals surface area contributed by atoms with Crippen molar-refractivity contribution in [2.45, 2.75) is 6.04 Å². The zero-order chi connectivity index (χ0) is 10.4. The average Bonchev–Trinajstić information content (AvgIpc) is 3.07. The maximum Gasteiger partial charge on any atom is 0.264 e. The van der Waals surface area contributed by atoms with Crippen molar-refractivity contribution >= 4 is 11.6 Å². The first-order chi connectivity index (χ1) is 7.25. The summed E-state index contributed by atoms with van der Waals surface area (Å²) in [4.78, 5) is 13.1. The van der Waals surface area contributed by atoms with Crippen molar-refractivity contribution in [3.8, 4) is 5.75 Å². The Morgan fingerprint density at radius 1 is 1.53 bits per heavy atom. The van der Waals surface area contributed by atoms with E-state index in [-0.39, 0.29) is 12.5 Å². The van der Waals surface area contributed by atoms with Crippen molar-refractivity contribution < 1.29 is 9.53 Å². The number of hydrogen-bond acceptors (Lipinski definition) is 3. The number of ether oxygens (including phenoxy) is 1. The summed E-state index contributed by atoms with van der Waals surface area (Å²) in [5.41, 5.74) is 2.09. The zero-order valence-electron chi connectivity index (χ0n) is 8.49. The number of amides is 1. The normalized spacial score (nSPS) is 23.4. The Morgan fingerprint density at radius 3 is 3.07 bits per heavy atom. The van der Waals surface area contributed by atoms with Crippen LogP contribution in [0.4, 0.5) is 5.69 Å². The number of benzene rings is 1. The van der Waals surface area contributed by atoms with Crippen molar-refractivity contribution in [2.24, 2.45) is 0 Å². The lowest BCUT2D eigenvalue weighted by Gasteiger charge is -2.26. The van der Waals surface area contributed by atoms with E-state index in [1.165, 1.54) is 5.56 Å². The summed E-state index contributed by atoms with van der Waals surface area (Å²) < 4.78 is 5.35. The number of anilines is 1. The molecule has 2 aliphatic rings. The van der Waals surface area contributed by atoms with Crippen LogP contribution in [0, 0.1) is 0 Å². The van der Waals surface area contributed by atoms with Crippen LogP contribution in [-0.4, -0.2) is 26.1 Å². The summed E-state index contributed by atoms with van der Waals surface area (Å²) in [7, 11) is 1.79. The molecule has 3 rings (SSSR count). The predicted molar refractivity (Wildman–Crippen MR) is 56.1 cm³/mol. The molecule has 1 N–H and O–H groups in total. The van der Waals surface area contributed by atoms with Crippen molar-refractivity contribution in [3.63, 3.8) is 0 Å². The Hall–Kier alpha value is -1.55.